The number of thioether (sulfide) groups is 1. The van der Waals surface area contributed by atoms with Crippen molar-refractivity contribution >= 4 is 28.2 Å². The van der Waals surface area contributed by atoms with E-state index in [9.17, 15) is 13.2 Å². The van der Waals surface area contributed by atoms with Gasteiger partial charge in [-0.2, -0.15) is 13.2 Å². The molecule has 0 fully saturated rings. The molecule has 60 valence electrons. The van der Waals surface area contributed by atoms with E-state index in [0.717, 1.165) is 11.8 Å². The summed E-state index contributed by atoms with van der Waals surface area (Å²) in [7, 11) is 0. The van der Waals surface area contributed by atoms with Gasteiger partial charge in [-0.05, 0) is 5.75 Å². The number of hydrogen-bond acceptors (Lipinski definition) is 2. The second-order valence-electron chi connectivity index (χ2n) is 1.60. The van der Waals surface area contributed by atoms with Gasteiger partial charge in [-0.15, -0.1) is 11.8 Å². The van der Waals surface area contributed by atoms with Crippen molar-refractivity contribution < 1.29 is 13.2 Å². The van der Waals surface area contributed by atoms with Crippen LogP contribution < -0.4 is 0 Å². The van der Waals surface area contributed by atoms with Gasteiger partial charge in [-0.25, -0.2) is 0 Å². The Balaban J connectivity index is 3.58. The van der Waals surface area contributed by atoms with Crippen LogP contribution in [0.2, 0.25) is 0 Å². The molecule has 0 aliphatic heterocycles. The first-order valence-electron chi connectivity index (χ1n) is 2.68. The fourth-order valence-corrected chi connectivity index (χ4v) is 1.48. The fraction of sp³-hybridized carbons (Fsp3) is 0.800. The molecule has 0 aromatic rings. The highest BCUT2D eigenvalue weighted by atomic mass is 32.2. The molecule has 0 bridgehead atoms. The largest absolute Gasteiger partial charge is 0.394 e. The van der Waals surface area contributed by atoms with Crippen LogP contribution in [0.25, 0.3) is 0 Å². The molecule has 0 aliphatic rings. The highest BCUT2D eigenvalue weighted by Gasteiger charge is 2.28. The molecule has 0 nitrogen and oxygen atoms in total. The average molecular weight is 188 g/mol. The van der Waals surface area contributed by atoms with Gasteiger partial charge in [-0.3, -0.25) is 0 Å². The maximum absolute atomic E-state index is 11.5. The second-order valence-corrected chi connectivity index (χ2v) is 3.71. The zero-order valence-electron chi connectivity index (χ0n) is 5.36. The van der Waals surface area contributed by atoms with Crippen molar-refractivity contribution in [2.45, 2.75) is 19.5 Å². The third kappa shape index (κ3) is 6.35. The Kier molecular flexibility index (Phi) is 4.28. The monoisotopic (exact) mass is 188 g/mol. The van der Waals surface area contributed by atoms with Crippen molar-refractivity contribution in [2.75, 3.05) is 5.75 Å². The van der Waals surface area contributed by atoms with Crippen LogP contribution in [0, 0.1) is 0 Å². The molecule has 10 heavy (non-hydrogen) atoms. The van der Waals surface area contributed by atoms with E-state index in [2.05, 4.69) is 12.2 Å². The zero-order chi connectivity index (χ0) is 8.20. The minimum atomic E-state index is -4.14. The van der Waals surface area contributed by atoms with E-state index < -0.39 is 12.6 Å². The Labute approximate surface area is 67.2 Å². The van der Waals surface area contributed by atoms with Crippen molar-refractivity contribution in [2.24, 2.45) is 0 Å². The van der Waals surface area contributed by atoms with Crippen LogP contribution in [-0.2, 0) is 0 Å². The second kappa shape index (κ2) is 4.18. The molecule has 0 heterocycles. The van der Waals surface area contributed by atoms with Crippen LogP contribution in [0.15, 0.2) is 0 Å². The van der Waals surface area contributed by atoms with Crippen LogP contribution in [0.4, 0.5) is 13.2 Å². The molecule has 0 unspecified atom stereocenters. The van der Waals surface area contributed by atoms with Gasteiger partial charge in [0.2, 0.25) is 0 Å². The molecule has 0 spiro atoms. The van der Waals surface area contributed by atoms with E-state index >= 15 is 0 Å². The molecule has 0 aromatic heterocycles. The van der Waals surface area contributed by atoms with Gasteiger partial charge < -0.3 is 0 Å². The first-order chi connectivity index (χ1) is 4.45. The predicted octanol–water partition coefficient (Wildman–Crippen LogP) is 3.02. The average Bonchev–Trinajstić information content (AvgIpc) is 1.59. The minimum Gasteiger partial charge on any atom is -0.171 e. The molecule has 0 aliphatic carbocycles. The van der Waals surface area contributed by atoms with Crippen molar-refractivity contribution in [3.63, 3.8) is 0 Å². The van der Waals surface area contributed by atoms with E-state index in [4.69, 9.17) is 0 Å². The lowest BCUT2D eigenvalue weighted by Gasteiger charge is -2.04. The maximum Gasteiger partial charge on any atom is 0.394 e. The molecular formula is C5H7F3S2. The SMILES string of the molecule is CCSC(=S)CC(F)(F)F. The topological polar surface area (TPSA) is 0 Å². The molecule has 0 aromatic carbocycles. The summed E-state index contributed by atoms with van der Waals surface area (Å²) < 4.78 is 34.6. The van der Waals surface area contributed by atoms with Crippen molar-refractivity contribution in [3.8, 4) is 0 Å². The van der Waals surface area contributed by atoms with Crippen LogP contribution in [0.5, 0.6) is 0 Å². The van der Waals surface area contributed by atoms with Gasteiger partial charge in [-0.1, -0.05) is 19.1 Å². The molecule has 0 saturated carbocycles. The molecule has 0 saturated heterocycles. The van der Waals surface area contributed by atoms with Gasteiger partial charge in [0.1, 0.15) is 0 Å². The van der Waals surface area contributed by atoms with Crippen molar-refractivity contribution in [1.29, 1.82) is 0 Å². The van der Waals surface area contributed by atoms with Crippen molar-refractivity contribution in [3.05, 3.63) is 0 Å². The summed E-state index contributed by atoms with van der Waals surface area (Å²) in [5, 5.41) is 0. The number of thiocarbonyl (C=S) groups is 1. The smallest absolute Gasteiger partial charge is 0.171 e. The summed E-state index contributed by atoms with van der Waals surface area (Å²) in [6, 6.07) is 0. The zero-order valence-corrected chi connectivity index (χ0v) is 7.00. The molecular weight excluding hydrogens is 181 g/mol. The maximum atomic E-state index is 11.5. The standard InChI is InChI=1S/C5H7F3S2/c1-2-10-4(9)3-5(6,7)8/h2-3H2,1H3. The lowest BCUT2D eigenvalue weighted by Crippen LogP contribution is -2.11. The van der Waals surface area contributed by atoms with Crippen LogP contribution in [-0.4, -0.2) is 16.1 Å². The third-order valence-corrected chi connectivity index (χ3v) is 1.90. The minimum absolute atomic E-state index is 0.0231. The molecule has 5 heteroatoms. The van der Waals surface area contributed by atoms with Crippen LogP contribution in [0.3, 0.4) is 0 Å². The molecule has 0 N–H and O–H groups in total. The van der Waals surface area contributed by atoms with Gasteiger partial charge in [0, 0.05) is 0 Å². The summed E-state index contributed by atoms with van der Waals surface area (Å²) in [5.74, 6) is 0.606. The highest BCUT2D eigenvalue weighted by molar-refractivity contribution is 8.23. The summed E-state index contributed by atoms with van der Waals surface area (Å²) in [6.45, 7) is 1.77. The van der Waals surface area contributed by atoms with E-state index in [0.29, 0.717) is 5.75 Å². The van der Waals surface area contributed by atoms with Crippen LogP contribution >= 0.6 is 24.0 Å². The lowest BCUT2D eigenvalue weighted by molar-refractivity contribution is -0.120. The number of alkyl halides is 3. The predicted molar refractivity (Wildman–Crippen MR) is 41.4 cm³/mol. The van der Waals surface area contributed by atoms with E-state index in [1.807, 2.05) is 0 Å². The summed E-state index contributed by atoms with van der Waals surface area (Å²) >= 11 is 5.51. The lowest BCUT2D eigenvalue weighted by atomic mass is 10.5. The van der Waals surface area contributed by atoms with Crippen molar-refractivity contribution in [1.82, 2.24) is 0 Å². The Morgan fingerprint density at radius 1 is 1.50 bits per heavy atom. The number of halogens is 3. The Morgan fingerprint density at radius 3 is 2.30 bits per heavy atom. The number of rotatable bonds is 2. The van der Waals surface area contributed by atoms with E-state index in [1.165, 1.54) is 0 Å². The first-order valence-corrected chi connectivity index (χ1v) is 4.07. The van der Waals surface area contributed by atoms with Gasteiger partial charge in [0.05, 0.1) is 10.6 Å². The Bertz CT molecular complexity index is 119. The molecule has 0 amide bonds. The summed E-state index contributed by atoms with van der Waals surface area (Å²) in [6.07, 6.45) is -5.08. The highest BCUT2D eigenvalue weighted by Crippen LogP contribution is 2.23. The number of hydrogen-bond donors (Lipinski definition) is 0. The van der Waals surface area contributed by atoms with Gasteiger partial charge in [0.15, 0.2) is 0 Å². The van der Waals surface area contributed by atoms with Gasteiger partial charge >= 0.3 is 6.18 Å². The molecule has 0 rings (SSSR count). The molecule has 0 radical (unpaired) electrons. The summed E-state index contributed by atoms with van der Waals surface area (Å²) in [4.78, 5) is 0. The first kappa shape index (κ1) is 10.2. The van der Waals surface area contributed by atoms with Gasteiger partial charge in [0.25, 0.3) is 0 Å². The van der Waals surface area contributed by atoms with E-state index in [1.54, 1.807) is 6.92 Å². The Morgan fingerprint density at radius 2 is 2.00 bits per heavy atom. The quantitative estimate of drug-likeness (QED) is 0.611. The summed E-state index contributed by atoms with van der Waals surface area (Å²) in [5.41, 5.74) is 0. The fourth-order valence-electron chi connectivity index (χ4n) is 0.376. The molecule has 0 atom stereocenters. The van der Waals surface area contributed by atoms with E-state index in [-0.39, 0.29) is 4.20 Å². The normalized spacial score (nSPS) is 11.6. The third-order valence-electron chi connectivity index (χ3n) is 0.650. The Hall–Kier alpha value is 0.230. The van der Waals surface area contributed by atoms with Crippen LogP contribution in [0.1, 0.15) is 13.3 Å².